The zero-order chi connectivity index (χ0) is 11.3. The molecule has 0 aliphatic heterocycles. The van der Waals surface area contributed by atoms with Crippen molar-refractivity contribution in [2.24, 2.45) is 11.8 Å². The number of unbranched alkanes of at least 4 members (excludes halogenated alkanes) is 1. The van der Waals surface area contributed by atoms with Gasteiger partial charge in [-0.3, -0.25) is 9.59 Å². The van der Waals surface area contributed by atoms with Crippen molar-refractivity contribution < 1.29 is 14.7 Å². The molecule has 0 saturated heterocycles. The molecule has 0 aromatic rings. The predicted octanol–water partition coefficient (Wildman–Crippen LogP) is 1.40. The van der Waals surface area contributed by atoms with Crippen LogP contribution in [0.1, 0.15) is 39.0 Å². The summed E-state index contributed by atoms with van der Waals surface area (Å²) in [6, 6.07) is 0. The molecule has 1 fully saturated rings. The van der Waals surface area contributed by atoms with Crippen LogP contribution >= 0.6 is 0 Å². The molecular weight excluding hydrogens is 194 g/mol. The zero-order valence-electron chi connectivity index (χ0n) is 9.16. The lowest BCUT2D eigenvalue weighted by molar-refractivity contribution is -0.137. The summed E-state index contributed by atoms with van der Waals surface area (Å²) in [6.45, 7) is 2.97. The minimum Gasteiger partial charge on any atom is -0.481 e. The van der Waals surface area contributed by atoms with Crippen LogP contribution in [-0.4, -0.2) is 23.5 Å². The number of hydrogen-bond donors (Lipinski definition) is 2. The van der Waals surface area contributed by atoms with Gasteiger partial charge in [-0.1, -0.05) is 6.92 Å². The molecule has 2 N–H and O–H groups in total. The van der Waals surface area contributed by atoms with Gasteiger partial charge < -0.3 is 10.4 Å². The minimum absolute atomic E-state index is 0.0551. The van der Waals surface area contributed by atoms with Crippen LogP contribution in [0, 0.1) is 11.8 Å². The number of hydrogen-bond acceptors (Lipinski definition) is 2. The van der Waals surface area contributed by atoms with Crippen molar-refractivity contribution >= 4 is 11.9 Å². The molecule has 1 amide bonds. The Hall–Kier alpha value is -1.06. The zero-order valence-corrected chi connectivity index (χ0v) is 9.16. The maximum atomic E-state index is 11.3. The number of carboxylic acid groups (broad SMARTS) is 1. The third kappa shape index (κ3) is 5.40. The minimum atomic E-state index is -0.790. The summed E-state index contributed by atoms with van der Waals surface area (Å²) in [4.78, 5) is 21.5. The van der Waals surface area contributed by atoms with Gasteiger partial charge in [-0.05, 0) is 31.1 Å². The van der Waals surface area contributed by atoms with Crippen LogP contribution in [0.5, 0.6) is 0 Å². The quantitative estimate of drug-likeness (QED) is 0.628. The van der Waals surface area contributed by atoms with E-state index in [1.54, 1.807) is 0 Å². The molecule has 86 valence electrons. The molecule has 0 aromatic carbocycles. The smallest absolute Gasteiger partial charge is 0.303 e. The Bertz CT molecular complexity index is 240. The lowest BCUT2D eigenvalue weighted by atomic mass is 10.2. The van der Waals surface area contributed by atoms with Crippen molar-refractivity contribution in [1.82, 2.24) is 5.32 Å². The van der Waals surface area contributed by atoms with Gasteiger partial charge in [-0.2, -0.15) is 0 Å². The van der Waals surface area contributed by atoms with E-state index in [2.05, 4.69) is 12.2 Å². The van der Waals surface area contributed by atoms with Crippen LogP contribution in [0.2, 0.25) is 0 Å². The summed E-state index contributed by atoms with van der Waals surface area (Å²) < 4.78 is 0. The summed E-state index contributed by atoms with van der Waals surface area (Å²) in [5.74, 6) is 0.701. The summed E-state index contributed by atoms with van der Waals surface area (Å²) in [6.07, 6.45) is 3.08. The van der Waals surface area contributed by atoms with E-state index in [4.69, 9.17) is 5.11 Å². The van der Waals surface area contributed by atoms with Crippen LogP contribution in [0.4, 0.5) is 0 Å². The Morgan fingerprint density at radius 3 is 2.47 bits per heavy atom. The molecular formula is C11H19NO3. The van der Waals surface area contributed by atoms with Gasteiger partial charge in [-0.25, -0.2) is 0 Å². The number of carbonyl (C=O) groups excluding carboxylic acids is 1. The van der Waals surface area contributed by atoms with E-state index >= 15 is 0 Å². The fraction of sp³-hybridized carbons (Fsp3) is 0.818. The highest BCUT2D eigenvalue weighted by molar-refractivity contribution is 5.75. The highest BCUT2D eigenvalue weighted by Gasteiger charge is 2.32. The second kappa shape index (κ2) is 5.73. The Kier molecular flexibility index (Phi) is 4.59. The molecule has 2 atom stereocenters. The fourth-order valence-electron chi connectivity index (χ4n) is 1.58. The lowest BCUT2D eigenvalue weighted by Gasteiger charge is -2.03. The lowest BCUT2D eigenvalue weighted by Crippen LogP contribution is -2.25. The van der Waals surface area contributed by atoms with Gasteiger partial charge in [0.05, 0.1) is 0 Å². The van der Waals surface area contributed by atoms with Crippen molar-refractivity contribution in [3.05, 3.63) is 0 Å². The molecule has 2 unspecified atom stereocenters. The molecule has 0 spiro atoms. The van der Waals surface area contributed by atoms with E-state index in [9.17, 15) is 9.59 Å². The van der Waals surface area contributed by atoms with Crippen molar-refractivity contribution in [1.29, 1.82) is 0 Å². The highest BCUT2D eigenvalue weighted by atomic mass is 16.4. The topological polar surface area (TPSA) is 66.4 Å². The normalized spacial score (nSPS) is 23.5. The molecule has 15 heavy (non-hydrogen) atoms. The number of carboxylic acids is 1. The van der Waals surface area contributed by atoms with E-state index in [0.29, 0.717) is 25.2 Å². The van der Waals surface area contributed by atoms with Gasteiger partial charge in [0.25, 0.3) is 0 Å². The molecule has 0 heterocycles. The predicted molar refractivity (Wildman–Crippen MR) is 56.4 cm³/mol. The maximum Gasteiger partial charge on any atom is 0.303 e. The number of rotatable bonds is 7. The van der Waals surface area contributed by atoms with Gasteiger partial charge in [0.2, 0.25) is 5.91 Å². The van der Waals surface area contributed by atoms with Crippen molar-refractivity contribution in [2.75, 3.05) is 6.54 Å². The monoisotopic (exact) mass is 213 g/mol. The van der Waals surface area contributed by atoms with E-state index < -0.39 is 5.97 Å². The first-order chi connectivity index (χ1) is 7.09. The standard InChI is InChI=1S/C11H19NO3/c1-8-6-9(8)7-12-10(13)4-2-3-5-11(14)15/h8-9H,2-7H2,1H3,(H,12,13)(H,14,15). The van der Waals surface area contributed by atoms with Crippen LogP contribution in [0.25, 0.3) is 0 Å². The molecule has 0 radical (unpaired) electrons. The van der Waals surface area contributed by atoms with Crippen LogP contribution in [0.3, 0.4) is 0 Å². The molecule has 0 aromatic heterocycles. The fourth-order valence-corrected chi connectivity index (χ4v) is 1.58. The van der Waals surface area contributed by atoms with Crippen LogP contribution in [0.15, 0.2) is 0 Å². The van der Waals surface area contributed by atoms with Gasteiger partial charge in [0.15, 0.2) is 0 Å². The van der Waals surface area contributed by atoms with Gasteiger partial charge in [0.1, 0.15) is 0 Å². The molecule has 1 aliphatic rings. The molecule has 1 aliphatic carbocycles. The van der Waals surface area contributed by atoms with Crippen LogP contribution in [-0.2, 0) is 9.59 Å². The van der Waals surface area contributed by atoms with E-state index in [-0.39, 0.29) is 12.3 Å². The first-order valence-corrected chi connectivity index (χ1v) is 5.58. The summed E-state index contributed by atoms with van der Waals surface area (Å²) in [7, 11) is 0. The number of carbonyl (C=O) groups is 2. The van der Waals surface area contributed by atoms with Gasteiger partial charge in [-0.15, -0.1) is 0 Å². The largest absolute Gasteiger partial charge is 0.481 e. The first kappa shape index (κ1) is 12.0. The summed E-state index contributed by atoms with van der Waals surface area (Å²) in [5, 5.41) is 11.3. The SMILES string of the molecule is CC1CC1CNC(=O)CCCCC(=O)O. The third-order valence-electron chi connectivity index (χ3n) is 2.88. The van der Waals surface area contributed by atoms with E-state index in [0.717, 1.165) is 12.5 Å². The van der Waals surface area contributed by atoms with Gasteiger partial charge >= 0.3 is 5.97 Å². The average Bonchev–Trinajstić information content (AvgIpc) is 2.86. The molecule has 4 nitrogen and oxygen atoms in total. The number of nitrogens with one attached hydrogen (secondary N) is 1. The molecule has 0 bridgehead atoms. The Morgan fingerprint density at radius 2 is 1.93 bits per heavy atom. The molecule has 1 saturated carbocycles. The first-order valence-electron chi connectivity index (χ1n) is 5.58. The van der Waals surface area contributed by atoms with E-state index in [1.165, 1.54) is 6.42 Å². The second-order valence-corrected chi connectivity index (χ2v) is 4.38. The number of amides is 1. The maximum absolute atomic E-state index is 11.3. The highest BCUT2D eigenvalue weighted by Crippen LogP contribution is 2.36. The van der Waals surface area contributed by atoms with Crippen molar-refractivity contribution in [3.8, 4) is 0 Å². The second-order valence-electron chi connectivity index (χ2n) is 4.38. The van der Waals surface area contributed by atoms with Crippen molar-refractivity contribution in [3.63, 3.8) is 0 Å². The van der Waals surface area contributed by atoms with E-state index in [1.807, 2.05) is 0 Å². The average molecular weight is 213 g/mol. The Morgan fingerprint density at radius 1 is 1.33 bits per heavy atom. The molecule has 4 heteroatoms. The Balaban J connectivity index is 1.91. The molecule has 1 rings (SSSR count). The third-order valence-corrected chi connectivity index (χ3v) is 2.88. The van der Waals surface area contributed by atoms with Crippen molar-refractivity contribution in [2.45, 2.75) is 39.0 Å². The summed E-state index contributed by atoms with van der Waals surface area (Å²) in [5.41, 5.74) is 0. The number of aliphatic carboxylic acids is 1. The summed E-state index contributed by atoms with van der Waals surface area (Å²) >= 11 is 0. The van der Waals surface area contributed by atoms with Gasteiger partial charge in [0, 0.05) is 19.4 Å². The Labute approximate surface area is 90.0 Å². The van der Waals surface area contributed by atoms with Crippen LogP contribution < -0.4 is 5.32 Å².